The van der Waals surface area contributed by atoms with E-state index < -0.39 is 6.04 Å². The first-order valence-corrected chi connectivity index (χ1v) is 10.2. The van der Waals surface area contributed by atoms with Crippen LogP contribution in [-0.4, -0.2) is 56.0 Å². The number of amides is 2. The second kappa shape index (κ2) is 8.22. The van der Waals surface area contributed by atoms with Crippen molar-refractivity contribution < 1.29 is 14.3 Å². The summed E-state index contributed by atoms with van der Waals surface area (Å²) in [4.78, 5) is 31.3. The molecule has 0 saturated carbocycles. The smallest absolute Gasteiger partial charge is 0.251 e. The lowest BCUT2D eigenvalue weighted by atomic mass is 10.1. The Morgan fingerprint density at radius 2 is 1.69 bits per heavy atom. The minimum absolute atomic E-state index is 0.153. The summed E-state index contributed by atoms with van der Waals surface area (Å²) in [5.41, 5.74) is 1.39. The fourth-order valence-electron chi connectivity index (χ4n) is 3.97. The number of ether oxygens (including phenoxy) is 1. The van der Waals surface area contributed by atoms with Crippen LogP contribution in [0.3, 0.4) is 0 Å². The van der Waals surface area contributed by atoms with Crippen molar-refractivity contribution in [2.75, 3.05) is 43.1 Å². The third-order valence-electron chi connectivity index (χ3n) is 5.45. The molecule has 0 aliphatic carbocycles. The standard InChI is InChI=1S/C21H21Cl2N3O3/c1-29-19-7-6-14(22)12-17(19)26-20(27)13-18(21(26)28)25-10-8-24(9-11-25)16-5-3-2-4-15(16)23/h2-7,12,18H,8-11,13H2,1H3. The molecule has 29 heavy (non-hydrogen) atoms. The number of para-hydroxylation sites is 1. The van der Waals surface area contributed by atoms with Gasteiger partial charge in [0.2, 0.25) is 5.91 Å². The van der Waals surface area contributed by atoms with Crippen LogP contribution >= 0.6 is 23.2 Å². The van der Waals surface area contributed by atoms with Crippen LogP contribution in [0.1, 0.15) is 6.42 Å². The van der Waals surface area contributed by atoms with Gasteiger partial charge in [0, 0.05) is 31.2 Å². The van der Waals surface area contributed by atoms with Gasteiger partial charge in [-0.2, -0.15) is 0 Å². The maximum absolute atomic E-state index is 13.1. The van der Waals surface area contributed by atoms with E-state index >= 15 is 0 Å². The zero-order valence-electron chi connectivity index (χ0n) is 16.0. The van der Waals surface area contributed by atoms with Crippen molar-refractivity contribution in [3.8, 4) is 5.75 Å². The van der Waals surface area contributed by atoms with Crippen molar-refractivity contribution in [2.45, 2.75) is 12.5 Å². The summed E-state index contributed by atoms with van der Waals surface area (Å²) in [7, 11) is 1.50. The third-order valence-corrected chi connectivity index (χ3v) is 6.01. The van der Waals surface area contributed by atoms with Crippen LogP contribution < -0.4 is 14.5 Å². The topological polar surface area (TPSA) is 53.1 Å². The molecule has 8 heteroatoms. The molecule has 2 fully saturated rings. The SMILES string of the molecule is COc1ccc(Cl)cc1N1C(=O)CC(N2CCN(c3ccccc3Cl)CC2)C1=O. The molecule has 2 aliphatic rings. The number of benzene rings is 2. The van der Waals surface area contributed by atoms with E-state index in [1.165, 1.54) is 12.0 Å². The van der Waals surface area contributed by atoms with Crippen molar-refractivity contribution in [3.63, 3.8) is 0 Å². The van der Waals surface area contributed by atoms with Crippen LogP contribution in [0.4, 0.5) is 11.4 Å². The fourth-order valence-corrected chi connectivity index (χ4v) is 4.40. The molecular formula is C21H21Cl2N3O3. The van der Waals surface area contributed by atoms with Gasteiger partial charge in [0.1, 0.15) is 5.75 Å². The third kappa shape index (κ3) is 3.80. The molecule has 2 saturated heterocycles. The highest BCUT2D eigenvalue weighted by atomic mass is 35.5. The van der Waals surface area contributed by atoms with Gasteiger partial charge in [0.15, 0.2) is 0 Å². The Kier molecular flexibility index (Phi) is 5.67. The number of anilines is 2. The number of carbonyl (C=O) groups is 2. The lowest BCUT2D eigenvalue weighted by Crippen LogP contribution is -2.52. The summed E-state index contributed by atoms with van der Waals surface area (Å²) in [6.07, 6.45) is 0.153. The van der Waals surface area contributed by atoms with Crippen LogP contribution in [0.15, 0.2) is 42.5 Å². The molecule has 0 N–H and O–H groups in total. The van der Waals surface area contributed by atoms with Gasteiger partial charge in [-0.25, -0.2) is 4.90 Å². The molecule has 2 heterocycles. The fraction of sp³-hybridized carbons (Fsp3) is 0.333. The van der Waals surface area contributed by atoms with Crippen molar-refractivity contribution in [2.24, 2.45) is 0 Å². The van der Waals surface area contributed by atoms with Gasteiger partial charge in [-0.05, 0) is 30.3 Å². The minimum Gasteiger partial charge on any atom is -0.495 e. The number of imide groups is 1. The zero-order chi connectivity index (χ0) is 20.5. The largest absolute Gasteiger partial charge is 0.495 e. The highest BCUT2D eigenvalue weighted by Gasteiger charge is 2.44. The molecule has 152 valence electrons. The van der Waals surface area contributed by atoms with Crippen LogP contribution in [0, 0.1) is 0 Å². The van der Waals surface area contributed by atoms with Crippen molar-refractivity contribution in [1.29, 1.82) is 0 Å². The number of hydrogen-bond acceptors (Lipinski definition) is 5. The molecule has 4 rings (SSSR count). The zero-order valence-corrected chi connectivity index (χ0v) is 17.5. The number of carbonyl (C=O) groups excluding carboxylic acids is 2. The Balaban J connectivity index is 1.49. The monoisotopic (exact) mass is 433 g/mol. The van der Waals surface area contributed by atoms with E-state index in [1.54, 1.807) is 18.2 Å². The molecule has 2 aromatic rings. The van der Waals surface area contributed by atoms with E-state index in [1.807, 2.05) is 24.3 Å². The molecule has 0 radical (unpaired) electrons. The van der Waals surface area contributed by atoms with E-state index in [-0.39, 0.29) is 18.2 Å². The first-order chi connectivity index (χ1) is 14.0. The molecule has 1 unspecified atom stereocenters. The maximum Gasteiger partial charge on any atom is 0.251 e. The number of piperazine rings is 1. The Hall–Kier alpha value is -2.28. The Bertz CT molecular complexity index is 945. The number of methoxy groups -OCH3 is 1. The summed E-state index contributed by atoms with van der Waals surface area (Å²) in [5, 5.41) is 1.16. The van der Waals surface area contributed by atoms with Crippen LogP contribution in [0.5, 0.6) is 5.75 Å². The van der Waals surface area contributed by atoms with Crippen molar-refractivity contribution >= 4 is 46.4 Å². The Morgan fingerprint density at radius 3 is 2.38 bits per heavy atom. The second-order valence-electron chi connectivity index (χ2n) is 7.08. The number of nitrogens with zero attached hydrogens (tertiary/aromatic N) is 3. The van der Waals surface area contributed by atoms with E-state index in [0.29, 0.717) is 34.6 Å². The van der Waals surface area contributed by atoms with Gasteiger partial charge in [0.25, 0.3) is 5.91 Å². The average Bonchev–Trinajstić information content (AvgIpc) is 3.02. The normalized spacial score (nSPS) is 20.4. The molecule has 0 aromatic heterocycles. The van der Waals surface area contributed by atoms with Gasteiger partial charge in [-0.1, -0.05) is 35.3 Å². The summed E-state index contributed by atoms with van der Waals surface area (Å²) in [6.45, 7) is 2.83. The molecule has 6 nitrogen and oxygen atoms in total. The summed E-state index contributed by atoms with van der Waals surface area (Å²) in [5.74, 6) is -0.0313. The first kappa shape index (κ1) is 20.0. The predicted octanol–water partition coefficient (Wildman–Crippen LogP) is 3.46. The predicted molar refractivity (Wildman–Crippen MR) is 114 cm³/mol. The highest BCUT2D eigenvalue weighted by Crippen LogP contribution is 2.36. The lowest BCUT2D eigenvalue weighted by molar-refractivity contribution is -0.123. The van der Waals surface area contributed by atoms with E-state index in [2.05, 4.69) is 9.80 Å². The highest BCUT2D eigenvalue weighted by molar-refractivity contribution is 6.33. The average molecular weight is 434 g/mol. The summed E-state index contributed by atoms with van der Waals surface area (Å²) < 4.78 is 5.33. The van der Waals surface area contributed by atoms with Crippen molar-refractivity contribution in [1.82, 2.24) is 4.90 Å². The summed E-state index contributed by atoms with van der Waals surface area (Å²) in [6, 6.07) is 12.2. The molecule has 1 atom stereocenters. The second-order valence-corrected chi connectivity index (χ2v) is 7.92. The Labute approximate surface area is 179 Å². The van der Waals surface area contributed by atoms with Gasteiger partial charge in [-0.3, -0.25) is 14.5 Å². The molecule has 0 spiro atoms. The van der Waals surface area contributed by atoms with Gasteiger partial charge in [-0.15, -0.1) is 0 Å². The van der Waals surface area contributed by atoms with Crippen LogP contribution in [0.2, 0.25) is 10.0 Å². The van der Waals surface area contributed by atoms with Crippen LogP contribution in [0.25, 0.3) is 0 Å². The van der Waals surface area contributed by atoms with Crippen molar-refractivity contribution in [3.05, 3.63) is 52.5 Å². The molecule has 2 aliphatic heterocycles. The number of halogens is 2. The van der Waals surface area contributed by atoms with Gasteiger partial charge < -0.3 is 9.64 Å². The molecule has 0 bridgehead atoms. The minimum atomic E-state index is -0.473. The first-order valence-electron chi connectivity index (χ1n) is 9.43. The molecule has 2 amide bonds. The van der Waals surface area contributed by atoms with Gasteiger partial charge >= 0.3 is 0 Å². The van der Waals surface area contributed by atoms with E-state index in [9.17, 15) is 9.59 Å². The number of hydrogen-bond donors (Lipinski definition) is 0. The van der Waals surface area contributed by atoms with Gasteiger partial charge in [0.05, 0.1) is 36.0 Å². The summed E-state index contributed by atoms with van der Waals surface area (Å²) >= 11 is 12.4. The quantitative estimate of drug-likeness (QED) is 0.691. The van der Waals surface area contributed by atoms with Crippen LogP contribution in [-0.2, 0) is 9.59 Å². The molecular weight excluding hydrogens is 413 g/mol. The molecule has 2 aromatic carbocycles. The Morgan fingerprint density at radius 1 is 0.966 bits per heavy atom. The maximum atomic E-state index is 13.1. The lowest BCUT2D eigenvalue weighted by Gasteiger charge is -2.38. The number of rotatable bonds is 4. The van der Waals surface area contributed by atoms with E-state index in [0.717, 1.165) is 18.8 Å². The van der Waals surface area contributed by atoms with E-state index in [4.69, 9.17) is 27.9 Å².